The number of thiophene rings is 2. The zero-order valence-corrected chi connectivity index (χ0v) is 13.7. The second kappa shape index (κ2) is 6.42. The van der Waals surface area contributed by atoms with Crippen LogP contribution < -0.4 is 5.32 Å². The summed E-state index contributed by atoms with van der Waals surface area (Å²) < 4.78 is 0. The van der Waals surface area contributed by atoms with E-state index in [0.29, 0.717) is 11.5 Å². The van der Waals surface area contributed by atoms with E-state index in [0.717, 1.165) is 13.0 Å². The minimum absolute atomic E-state index is 0.478. The fourth-order valence-electron chi connectivity index (χ4n) is 3.17. The second-order valence-electron chi connectivity index (χ2n) is 6.25. The molecule has 1 N–H and O–H groups in total. The first-order valence-corrected chi connectivity index (χ1v) is 9.30. The first kappa shape index (κ1) is 14.3. The summed E-state index contributed by atoms with van der Waals surface area (Å²) in [7, 11) is 0. The average Bonchev–Trinajstić information content (AvgIpc) is 3.17. The molecule has 3 heteroatoms. The van der Waals surface area contributed by atoms with E-state index < -0.39 is 0 Å². The summed E-state index contributed by atoms with van der Waals surface area (Å²) in [6.45, 7) is 3.60. The second-order valence-corrected chi connectivity index (χ2v) is 8.26. The highest BCUT2D eigenvalue weighted by Gasteiger charge is 2.29. The predicted molar refractivity (Wildman–Crippen MR) is 89.7 cm³/mol. The molecule has 2 heterocycles. The molecule has 1 atom stereocenters. The Labute approximate surface area is 130 Å². The molecule has 2 aromatic heterocycles. The molecule has 20 heavy (non-hydrogen) atoms. The number of nitrogens with one attached hydrogen (secondary N) is 1. The number of rotatable bonds is 6. The third-order valence-corrected chi connectivity index (χ3v) is 6.34. The molecule has 3 rings (SSSR count). The van der Waals surface area contributed by atoms with E-state index >= 15 is 0 Å². The van der Waals surface area contributed by atoms with Gasteiger partial charge in [0.05, 0.1) is 0 Å². The van der Waals surface area contributed by atoms with Crippen molar-refractivity contribution in [3.05, 3.63) is 44.8 Å². The van der Waals surface area contributed by atoms with Gasteiger partial charge in [0.25, 0.3) is 0 Å². The maximum atomic E-state index is 3.86. The van der Waals surface area contributed by atoms with Crippen LogP contribution in [0.2, 0.25) is 0 Å². The van der Waals surface area contributed by atoms with Crippen molar-refractivity contribution in [1.29, 1.82) is 0 Å². The lowest BCUT2D eigenvalue weighted by molar-refractivity contribution is 0.298. The summed E-state index contributed by atoms with van der Waals surface area (Å²) in [5, 5.41) is 8.23. The highest BCUT2D eigenvalue weighted by Crippen LogP contribution is 2.37. The lowest BCUT2D eigenvalue weighted by Crippen LogP contribution is -2.33. The lowest BCUT2D eigenvalue weighted by Gasteiger charge is -2.27. The number of hydrogen-bond donors (Lipinski definition) is 1. The van der Waals surface area contributed by atoms with Crippen LogP contribution in [0.3, 0.4) is 0 Å². The van der Waals surface area contributed by atoms with E-state index in [-0.39, 0.29) is 0 Å². The summed E-state index contributed by atoms with van der Waals surface area (Å²) in [4.78, 5) is 2.95. The van der Waals surface area contributed by atoms with Crippen LogP contribution in [-0.2, 0) is 6.42 Å². The molecule has 2 aromatic rings. The summed E-state index contributed by atoms with van der Waals surface area (Å²) in [6, 6.07) is 9.33. The van der Waals surface area contributed by atoms with Crippen LogP contribution in [0.1, 0.15) is 48.4 Å². The van der Waals surface area contributed by atoms with Crippen LogP contribution in [0.25, 0.3) is 0 Å². The molecule has 0 spiro atoms. The maximum absolute atomic E-state index is 3.86. The Bertz CT molecular complexity index is 495. The Morgan fingerprint density at radius 1 is 1.15 bits per heavy atom. The van der Waals surface area contributed by atoms with Crippen molar-refractivity contribution >= 4 is 22.7 Å². The van der Waals surface area contributed by atoms with E-state index in [4.69, 9.17) is 0 Å². The highest BCUT2D eigenvalue weighted by molar-refractivity contribution is 7.10. The van der Waals surface area contributed by atoms with Crippen molar-refractivity contribution in [2.24, 2.45) is 5.41 Å². The van der Waals surface area contributed by atoms with Gasteiger partial charge in [-0.25, -0.2) is 0 Å². The quantitative estimate of drug-likeness (QED) is 0.767. The first-order chi connectivity index (χ1) is 9.75. The summed E-state index contributed by atoms with van der Waals surface area (Å²) in [6.07, 6.45) is 6.71. The fourth-order valence-corrected chi connectivity index (χ4v) is 4.72. The molecule has 0 amide bonds. The smallest absolute Gasteiger partial charge is 0.0463 e. The largest absolute Gasteiger partial charge is 0.308 e. The van der Waals surface area contributed by atoms with Gasteiger partial charge in [0.1, 0.15) is 0 Å². The van der Waals surface area contributed by atoms with Gasteiger partial charge in [-0.05, 0) is 41.1 Å². The zero-order valence-electron chi connectivity index (χ0n) is 12.1. The number of hydrogen-bond acceptors (Lipinski definition) is 3. The molecule has 0 radical (unpaired) electrons. The van der Waals surface area contributed by atoms with Gasteiger partial charge in [0, 0.05) is 28.8 Å². The van der Waals surface area contributed by atoms with E-state index in [1.54, 1.807) is 0 Å². The first-order valence-electron chi connectivity index (χ1n) is 7.54. The van der Waals surface area contributed by atoms with Gasteiger partial charge in [-0.2, -0.15) is 0 Å². The van der Waals surface area contributed by atoms with Crippen molar-refractivity contribution in [3.8, 4) is 0 Å². The minimum atomic E-state index is 0.478. The zero-order chi connectivity index (χ0) is 13.8. The summed E-state index contributed by atoms with van der Waals surface area (Å²) >= 11 is 3.75. The molecule has 1 aliphatic carbocycles. The van der Waals surface area contributed by atoms with Gasteiger partial charge in [-0.1, -0.05) is 31.9 Å². The van der Waals surface area contributed by atoms with Crippen molar-refractivity contribution in [2.75, 3.05) is 6.54 Å². The molecule has 0 bridgehead atoms. The van der Waals surface area contributed by atoms with Gasteiger partial charge in [-0.3, -0.25) is 0 Å². The molecule has 0 saturated heterocycles. The van der Waals surface area contributed by atoms with Crippen molar-refractivity contribution < 1.29 is 0 Å². The van der Waals surface area contributed by atoms with Crippen molar-refractivity contribution in [2.45, 2.75) is 45.1 Å². The molecular formula is C17H23NS2. The van der Waals surface area contributed by atoms with E-state index in [2.05, 4.69) is 47.3 Å². The molecule has 1 nitrogen and oxygen atoms in total. The Morgan fingerprint density at radius 2 is 1.90 bits per heavy atom. The molecule has 0 aromatic carbocycles. The van der Waals surface area contributed by atoms with Crippen LogP contribution in [0.15, 0.2) is 35.0 Å². The monoisotopic (exact) mass is 305 g/mol. The standard InChI is InChI=1S/C17H23NS2/c1-17(8-2-3-9-17)13-18-15(16-7-5-11-20-16)12-14-6-4-10-19-14/h4-7,10-11,15,18H,2-3,8-9,12-13H2,1H3. The van der Waals surface area contributed by atoms with Crippen LogP contribution in [0.4, 0.5) is 0 Å². The lowest BCUT2D eigenvalue weighted by atomic mass is 9.88. The minimum Gasteiger partial charge on any atom is -0.308 e. The predicted octanol–water partition coefficient (Wildman–Crippen LogP) is 5.26. The van der Waals surface area contributed by atoms with E-state index in [9.17, 15) is 0 Å². The van der Waals surface area contributed by atoms with E-state index in [1.807, 2.05) is 22.7 Å². The van der Waals surface area contributed by atoms with Gasteiger partial charge < -0.3 is 5.32 Å². The summed E-state index contributed by atoms with van der Waals surface area (Å²) in [5.41, 5.74) is 0.519. The average molecular weight is 306 g/mol. The molecular weight excluding hydrogens is 282 g/mol. The molecule has 1 fully saturated rings. The van der Waals surface area contributed by atoms with Crippen LogP contribution in [0, 0.1) is 5.41 Å². The molecule has 0 aliphatic heterocycles. The van der Waals surface area contributed by atoms with Crippen LogP contribution >= 0.6 is 22.7 Å². The SMILES string of the molecule is CC1(CNC(Cc2cccs2)c2cccs2)CCCC1. The van der Waals surface area contributed by atoms with Gasteiger partial charge in [0.2, 0.25) is 0 Å². The van der Waals surface area contributed by atoms with Crippen molar-refractivity contribution in [1.82, 2.24) is 5.32 Å². The topological polar surface area (TPSA) is 12.0 Å². The Balaban J connectivity index is 1.66. The Hall–Kier alpha value is -0.640. The van der Waals surface area contributed by atoms with Gasteiger partial charge >= 0.3 is 0 Å². The van der Waals surface area contributed by atoms with Crippen LogP contribution in [-0.4, -0.2) is 6.54 Å². The molecule has 1 aliphatic rings. The maximum Gasteiger partial charge on any atom is 0.0463 e. The molecule has 108 valence electrons. The van der Waals surface area contributed by atoms with Gasteiger partial charge in [0.15, 0.2) is 0 Å². The Morgan fingerprint density at radius 3 is 2.55 bits per heavy atom. The van der Waals surface area contributed by atoms with Crippen LogP contribution in [0.5, 0.6) is 0 Å². The molecule has 1 saturated carbocycles. The Kier molecular flexibility index (Phi) is 4.59. The fraction of sp³-hybridized carbons (Fsp3) is 0.529. The third-order valence-electron chi connectivity index (χ3n) is 4.46. The van der Waals surface area contributed by atoms with Gasteiger partial charge in [-0.15, -0.1) is 22.7 Å². The van der Waals surface area contributed by atoms with Crippen molar-refractivity contribution in [3.63, 3.8) is 0 Å². The normalized spacial score (nSPS) is 19.2. The highest BCUT2D eigenvalue weighted by atomic mass is 32.1. The summed E-state index contributed by atoms with van der Waals surface area (Å²) in [5.74, 6) is 0. The molecule has 1 unspecified atom stereocenters. The van der Waals surface area contributed by atoms with E-state index in [1.165, 1.54) is 35.4 Å². The third kappa shape index (κ3) is 3.51.